The number of rotatable bonds is 5. The number of hydrogen-bond donors (Lipinski definition) is 2. The zero-order valence-corrected chi connectivity index (χ0v) is 14.9. The van der Waals surface area contributed by atoms with Crippen molar-refractivity contribution < 1.29 is 24.2 Å². The highest BCUT2D eigenvalue weighted by Crippen LogP contribution is 2.33. The van der Waals surface area contributed by atoms with E-state index in [4.69, 9.17) is 4.74 Å². The van der Waals surface area contributed by atoms with Gasteiger partial charge in [-0.3, -0.25) is 9.59 Å². The molecule has 7 nitrogen and oxygen atoms in total. The van der Waals surface area contributed by atoms with Crippen LogP contribution in [0.25, 0.3) is 0 Å². The molecule has 7 heteroatoms. The molecule has 0 saturated heterocycles. The Labute approximate surface area is 152 Å². The van der Waals surface area contributed by atoms with E-state index in [1.54, 1.807) is 18.2 Å². The molecule has 1 saturated carbocycles. The molecule has 2 aliphatic rings. The van der Waals surface area contributed by atoms with E-state index in [2.05, 4.69) is 12.2 Å². The summed E-state index contributed by atoms with van der Waals surface area (Å²) in [5.74, 6) is -0.460. The van der Waals surface area contributed by atoms with Crippen LogP contribution in [0.5, 0.6) is 5.75 Å². The van der Waals surface area contributed by atoms with Crippen LogP contribution in [0.2, 0.25) is 0 Å². The normalized spacial score (nSPS) is 25.2. The minimum absolute atomic E-state index is 0.0463. The van der Waals surface area contributed by atoms with Crippen molar-refractivity contribution in [3.63, 3.8) is 0 Å². The fraction of sp³-hybridized carbons (Fsp3) is 0.526. The van der Waals surface area contributed by atoms with Gasteiger partial charge in [-0.05, 0) is 43.7 Å². The summed E-state index contributed by atoms with van der Waals surface area (Å²) in [6.07, 6.45) is 2.48. The molecule has 0 radical (unpaired) electrons. The van der Waals surface area contributed by atoms with Gasteiger partial charge >= 0.3 is 5.97 Å². The molecule has 2 N–H and O–H groups in total. The third-order valence-electron chi connectivity index (χ3n) is 5.29. The van der Waals surface area contributed by atoms with Crippen LogP contribution >= 0.6 is 0 Å². The first-order valence-corrected chi connectivity index (χ1v) is 8.98. The van der Waals surface area contributed by atoms with Crippen LogP contribution in [0.3, 0.4) is 0 Å². The number of carbonyl (C=O) groups is 3. The van der Waals surface area contributed by atoms with Crippen LogP contribution in [-0.2, 0) is 14.4 Å². The molecule has 26 heavy (non-hydrogen) atoms. The molecule has 1 aliphatic carbocycles. The summed E-state index contributed by atoms with van der Waals surface area (Å²) in [5, 5.41) is 12.3. The van der Waals surface area contributed by atoms with Crippen LogP contribution in [0.15, 0.2) is 24.3 Å². The quantitative estimate of drug-likeness (QED) is 0.837. The van der Waals surface area contributed by atoms with Crippen molar-refractivity contribution in [3.05, 3.63) is 24.3 Å². The topological polar surface area (TPSA) is 95.9 Å². The second-order valence-electron chi connectivity index (χ2n) is 7.17. The van der Waals surface area contributed by atoms with Crippen molar-refractivity contribution in [2.24, 2.45) is 5.92 Å². The average molecular weight is 360 g/mol. The molecule has 1 fully saturated rings. The third-order valence-corrected chi connectivity index (χ3v) is 5.29. The molecule has 1 aliphatic heterocycles. The Hall–Kier alpha value is -2.57. The highest BCUT2D eigenvalue weighted by atomic mass is 16.5. The summed E-state index contributed by atoms with van der Waals surface area (Å²) in [6, 6.07) is 7.17. The maximum atomic E-state index is 12.4. The van der Waals surface area contributed by atoms with Crippen LogP contribution in [0.4, 0.5) is 5.69 Å². The number of carboxylic acids is 1. The second-order valence-corrected chi connectivity index (χ2v) is 7.17. The molecule has 3 rings (SSSR count). The van der Waals surface area contributed by atoms with Crippen molar-refractivity contribution >= 4 is 23.5 Å². The Bertz CT molecular complexity index is 710. The van der Waals surface area contributed by atoms with Crippen LogP contribution < -0.4 is 15.0 Å². The summed E-state index contributed by atoms with van der Waals surface area (Å²) in [4.78, 5) is 37.8. The zero-order valence-electron chi connectivity index (χ0n) is 14.9. The SMILES string of the molecule is CC1CCC(NC(=O)CCN2C(=O)COc3ccccc32)(C(=O)O)CC1. The van der Waals surface area contributed by atoms with Gasteiger partial charge in [-0.2, -0.15) is 0 Å². The van der Waals surface area contributed by atoms with Gasteiger partial charge < -0.3 is 20.1 Å². The number of nitrogens with zero attached hydrogens (tertiary/aromatic N) is 1. The molecule has 2 amide bonds. The highest BCUT2D eigenvalue weighted by Gasteiger charge is 2.42. The Morgan fingerprint density at radius 1 is 1.31 bits per heavy atom. The van der Waals surface area contributed by atoms with Crippen LogP contribution in [0.1, 0.15) is 39.0 Å². The van der Waals surface area contributed by atoms with Crippen molar-refractivity contribution in [1.82, 2.24) is 5.32 Å². The number of carbonyl (C=O) groups excluding carboxylic acids is 2. The molecule has 0 bridgehead atoms. The first-order chi connectivity index (χ1) is 12.4. The summed E-state index contributed by atoms with van der Waals surface area (Å²) in [7, 11) is 0. The van der Waals surface area contributed by atoms with E-state index in [1.807, 2.05) is 6.07 Å². The van der Waals surface area contributed by atoms with E-state index < -0.39 is 11.5 Å². The lowest BCUT2D eigenvalue weighted by molar-refractivity contribution is -0.149. The first kappa shape index (κ1) is 18.2. The minimum atomic E-state index is -1.18. The van der Waals surface area contributed by atoms with Crippen LogP contribution in [0, 0.1) is 5.92 Å². The fourth-order valence-electron chi connectivity index (χ4n) is 3.59. The predicted octanol–water partition coefficient (Wildman–Crippen LogP) is 1.95. The minimum Gasteiger partial charge on any atom is -0.482 e. The number of aliphatic carboxylic acids is 1. The molecule has 0 unspecified atom stereocenters. The van der Waals surface area contributed by atoms with Gasteiger partial charge in [0.15, 0.2) is 6.61 Å². The molecule has 0 aromatic heterocycles. The van der Waals surface area contributed by atoms with Crippen molar-refractivity contribution in [2.45, 2.75) is 44.6 Å². The lowest BCUT2D eigenvalue weighted by Gasteiger charge is -2.36. The number of nitrogens with one attached hydrogen (secondary N) is 1. The third kappa shape index (κ3) is 3.66. The molecule has 1 heterocycles. The van der Waals surface area contributed by atoms with E-state index in [1.165, 1.54) is 4.90 Å². The number of ether oxygens (including phenoxy) is 1. The van der Waals surface area contributed by atoms with Crippen LogP contribution in [-0.4, -0.2) is 41.6 Å². The molecule has 140 valence electrons. The monoisotopic (exact) mass is 360 g/mol. The van der Waals surface area contributed by atoms with E-state index in [0.29, 0.717) is 30.2 Å². The predicted molar refractivity (Wildman–Crippen MR) is 95.0 cm³/mol. The maximum absolute atomic E-state index is 12.4. The summed E-state index contributed by atoms with van der Waals surface area (Å²) >= 11 is 0. The number of anilines is 1. The fourth-order valence-corrected chi connectivity index (χ4v) is 3.59. The maximum Gasteiger partial charge on any atom is 0.329 e. The Morgan fingerprint density at radius 2 is 2.00 bits per heavy atom. The van der Waals surface area contributed by atoms with Gasteiger partial charge in [0, 0.05) is 13.0 Å². The van der Waals surface area contributed by atoms with E-state index in [-0.39, 0.29) is 31.4 Å². The Morgan fingerprint density at radius 3 is 2.69 bits per heavy atom. The van der Waals surface area contributed by atoms with Gasteiger partial charge in [0.25, 0.3) is 5.91 Å². The molecule has 1 aromatic carbocycles. The number of hydrogen-bond acceptors (Lipinski definition) is 4. The molecule has 0 spiro atoms. The first-order valence-electron chi connectivity index (χ1n) is 8.98. The van der Waals surface area contributed by atoms with Crippen molar-refractivity contribution in [2.75, 3.05) is 18.1 Å². The summed E-state index contributed by atoms with van der Waals surface area (Å²) in [5.41, 5.74) is -0.549. The zero-order chi connectivity index (χ0) is 18.7. The Kier molecular flexibility index (Phi) is 5.15. The van der Waals surface area contributed by atoms with Crippen molar-refractivity contribution in [1.29, 1.82) is 0 Å². The smallest absolute Gasteiger partial charge is 0.329 e. The van der Waals surface area contributed by atoms with Gasteiger partial charge in [0.2, 0.25) is 5.91 Å². The summed E-state index contributed by atoms with van der Waals surface area (Å²) < 4.78 is 5.38. The lowest BCUT2D eigenvalue weighted by Crippen LogP contribution is -2.56. The average Bonchev–Trinajstić information content (AvgIpc) is 2.63. The standard InChI is InChI=1S/C19H24N2O5/c1-13-6-9-19(10-7-13,18(24)25)20-16(22)8-11-21-14-4-2-3-5-15(14)26-12-17(21)23/h2-5,13H,6-12H2,1H3,(H,20,22)(H,24,25). The van der Waals surface area contributed by atoms with Gasteiger partial charge in [-0.1, -0.05) is 19.1 Å². The number of fused-ring (bicyclic) bond motifs is 1. The second kappa shape index (κ2) is 7.35. The van der Waals surface area contributed by atoms with Gasteiger partial charge in [-0.15, -0.1) is 0 Å². The van der Waals surface area contributed by atoms with Gasteiger partial charge in [-0.25, -0.2) is 4.79 Å². The van der Waals surface area contributed by atoms with E-state index in [0.717, 1.165) is 12.8 Å². The number of carboxylic acid groups (broad SMARTS) is 1. The van der Waals surface area contributed by atoms with E-state index >= 15 is 0 Å². The summed E-state index contributed by atoms with van der Waals surface area (Å²) in [6.45, 7) is 2.22. The molecule has 0 atom stereocenters. The van der Waals surface area contributed by atoms with Crippen molar-refractivity contribution in [3.8, 4) is 5.75 Å². The van der Waals surface area contributed by atoms with Gasteiger partial charge in [0.05, 0.1) is 5.69 Å². The van der Waals surface area contributed by atoms with Gasteiger partial charge in [0.1, 0.15) is 11.3 Å². The number of benzene rings is 1. The Balaban J connectivity index is 1.64. The number of amides is 2. The molecular formula is C19H24N2O5. The highest BCUT2D eigenvalue weighted by molar-refractivity contribution is 5.98. The molecule has 1 aromatic rings. The number of para-hydroxylation sites is 2. The van der Waals surface area contributed by atoms with E-state index in [9.17, 15) is 19.5 Å². The molecular weight excluding hydrogens is 336 g/mol. The largest absolute Gasteiger partial charge is 0.482 e. The lowest BCUT2D eigenvalue weighted by atomic mass is 9.77.